The lowest BCUT2D eigenvalue weighted by molar-refractivity contribution is -0.137. The summed E-state index contributed by atoms with van der Waals surface area (Å²) in [7, 11) is 0. The SMILES string of the molecule is O=C(O)CC1CCc2cc3ccc(-c4noc(-c5cccc(OC(F)F)c5)n4)cc3n21. The second-order valence-electron chi connectivity index (χ2n) is 7.40. The fourth-order valence-electron chi connectivity index (χ4n) is 4.14. The van der Waals surface area contributed by atoms with Crippen molar-refractivity contribution >= 4 is 16.9 Å². The average molecular weight is 425 g/mol. The van der Waals surface area contributed by atoms with E-state index < -0.39 is 12.6 Å². The van der Waals surface area contributed by atoms with E-state index in [-0.39, 0.29) is 24.1 Å². The number of halogens is 2. The predicted octanol–water partition coefficient (Wildman–Crippen LogP) is 4.92. The number of nitrogens with zero attached hydrogens (tertiary/aromatic N) is 3. The van der Waals surface area contributed by atoms with E-state index in [1.807, 2.05) is 18.2 Å². The maximum atomic E-state index is 12.5. The summed E-state index contributed by atoms with van der Waals surface area (Å²) in [4.78, 5) is 15.6. The molecule has 158 valence electrons. The summed E-state index contributed by atoms with van der Waals surface area (Å²) in [5.74, 6) is -0.294. The third kappa shape index (κ3) is 3.63. The van der Waals surface area contributed by atoms with Gasteiger partial charge in [-0.25, -0.2) is 0 Å². The number of alkyl halides is 2. The van der Waals surface area contributed by atoms with E-state index >= 15 is 0 Å². The Balaban J connectivity index is 1.49. The summed E-state index contributed by atoms with van der Waals surface area (Å²) in [5.41, 5.74) is 3.21. The van der Waals surface area contributed by atoms with Gasteiger partial charge in [-0.1, -0.05) is 23.4 Å². The summed E-state index contributed by atoms with van der Waals surface area (Å²) in [6.45, 7) is -2.92. The first kappa shape index (κ1) is 19.2. The van der Waals surface area contributed by atoms with Crippen molar-refractivity contribution in [3.05, 3.63) is 54.2 Å². The van der Waals surface area contributed by atoms with Crippen LogP contribution in [0.15, 0.2) is 53.1 Å². The quantitative estimate of drug-likeness (QED) is 0.472. The molecule has 0 saturated heterocycles. The molecule has 0 saturated carbocycles. The van der Waals surface area contributed by atoms with E-state index in [0.29, 0.717) is 17.0 Å². The van der Waals surface area contributed by atoms with Crippen molar-refractivity contribution in [1.82, 2.24) is 14.7 Å². The van der Waals surface area contributed by atoms with Gasteiger partial charge in [-0.15, -0.1) is 0 Å². The van der Waals surface area contributed by atoms with Crippen molar-refractivity contribution in [2.45, 2.75) is 31.9 Å². The van der Waals surface area contributed by atoms with Gasteiger partial charge in [-0.05, 0) is 48.6 Å². The molecule has 0 radical (unpaired) electrons. The predicted molar refractivity (Wildman–Crippen MR) is 107 cm³/mol. The molecular formula is C22H17F2N3O4. The van der Waals surface area contributed by atoms with E-state index in [2.05, 4.69) is 25.5 Å². The van der Waals surface area contributed by atoms with Gasteiger partial charge in [0.2, 0.25) is 5.82 Å². The molecular weight excluding hydrogens is 408 g/mol. The van der Waals surface area contributed by atoms with Gasteiger partial charge in [0.25, 0.3) is 5.89 Å². The summed E-state index contributed by atoms with van der Waals surface area (Å²) >= 11 is 0. The third-order valence-corrected chi connectivity index (χ3v) is 5.42. The number of carboxylic acid groups (broad SMARTS) is 1. The lowest BCUT2D eigenvalue weighted by Crippen LogP contribution is -2.09. The molecule has 7 nitrogen and oxygen atoms in total. The van der Waals surface area contributed by atoms with Crippen LogP contribution in [0.2, 0.25) is 0 Å². The van der Waals surface area contributed by atoms with Crippen molar-refractivity contribution in [2.24, 2.45) is 0 Å². The highest BCUT2D eigenvalue weighted by atomic mass is 19.3. The number of benzene rings is 2. The smallest absolute Gasteiger partial charge is 0.387 e. The second-order valence-corrected chi connectivity index (χ2v) is 7.40. The molecule has 0 bridgehead atoms. The van der Waals surface area contributed by atoms with Crippen molar-refractivity contribution in [3.63, 3.8) is 0 Å². The number of carbonyl (C=O) groups is 1. The Bertz CT molecular complexity index is 1280. The molecule has 1 atom stereocenters. The standard InChI is InChI=1S/C22H17F2N3O4/c23-22(24)30-17-3-1-2-14(9-17)21-25-20(26-31-21)13-5-4-12-8-15-6-7-16(11-19(28)29)27(15)18(12)10-13/h1-5,8-10,16,22H,6-7,11H2,(H,28,29). The molecule has 0 aliphatic carbocycles. The first-order valence-electron chi connectivity index (χ1n) is 9.73. The lowest BCUT2D eigenvalue weighted by Gasteiger charge is -2.13. The zero-order valence-electron chi connectivity index (χ0n) is 16.2. The average Bonchev–Trinajstić information content (AvgIpc) is 3.43. The van der Waals surface area contributed by atoms with Crippen LogP contribution in [0.3, 0.4) is 0 Å². The normalized spacial score (nSPS) is 15.5. The number of aryl methyl sites for hydroxylation is 1. The Morgan fingerprint density at radius 3 is 2.90 bits per heavy atom. The number of aliphatic carboxylic acids is 1. The number of aromatic nitrogens is 3. The molecule has 2 aromatic carbocycles. The first-order chi connectivity index (χ1) is 15.0. The Kier molecular flexibility index (Phi) is 4.65. The van der Waals surface area contributed by atoms with Crippen LogP contribution >= 0.6 is 0 Å². The fourth-order valence-corrected chi connectivity index (χ4v) is 4.14. The van der Waals surface area contributed by atoms with Gasteiger partial charge in [0, 0.05) is 28.4 Å². The third-order valence-electron chi connectivity index (χ3n) is 5.42. The van der Waals surface area contributed by atoms with Gasteiger partial charge < -0.3 is 18.9 Å². The summed E-state index contributed by atoms with van der Waals surface area (Å²) in [5, 5.41) is 14.3. The van der Waals surface area contributed by atoms with Crippen LogP contribution in [0.5, 0.6) is 5.75 Å². The van der Waals surface area contributed by atoms with Crippen LogP contribution < -0.4 is 4.74 Å². The summed E-state index contributed by atoms with van der Waals surface area (Å²) in [6, 6.07) is 13.8. The van der Waals surface area contributed by atoms with Crippen LogP contribution in [0.25, 0.3) is 33.7 Å². The van der Waals surface area contributed by atoms with Crippen LogP contribution in [0.4, 0.5) is 8.78 Å². The Morgan fingerprint density at radius 1 is 1.23 bits per heavy atom. The minimum atomic E-state index is -2.92. The molecule has 4 aromatic rings. The maximum Gasteiger partial charge on any atom is 0.387 e. The van der Waals surface area contributed by atoms with Crippen molar-refractivity contribution in [3.8, 4) is 28.6 Å². The van der Waals surface area contributed by atoms with Gasteiger partial charge >= 0.3 is 12.6 Å². The van der Waals surface area contributed by atoms with Gasteiger partial charge in [0.05, 0.1) is 6.42 Å². The largest absolute Gasteiger partial charge is 0.481 e. The zero-order chi connectivity index (χ0) is 21.5. The Hall–Kier alpha value is -3.75. The topological polar surface area (TPSA) is 90.4 Å². The lowest BCUT2D eigenvalue weighted by atomic mass is 10.1. The fraction of sp³-hybridized carbons (Fsp3) is 0.227. The minimum Gasteiger partial charge on any atom is -0.481 e. The van der Waals surface area contributed by atoms with Crippen molar-refractivity contribution in [2.75, 3.05) is 0 Å². The number of ether oxygens (including phenoxy) is 1. The molecule has 3 heterocycles. The highest BCUT2D eigenvalue weighted by Gasteiger charge is 2.26. The number of hydrogen-bond acceptors (Lipinski definition) is 5. The van der Waals surface area contributed by atoms with Crippen molar-refractivity contribution < 1.29 is 27.9 Å². The van der Waals surface area contributed by atoms with E-state index in [1.54, 1.807) is 12.1 Å². The summed E-state index contributed by atoms with van der Waals surface area (Å²) in [6.07, 6.45) is 1.71. The maximum absolute atomic E-state index is 12.5. The van der Waals surface area contributed by atoms with Gasteiger partial charge in [-0.3, -0.25) is 4.79 Å². The number of hydrogen-bond donors (Lipinski definition) is 1. The first-order valence-corrected chi connectivity index (χ1v) is 9.73. The highest BCUT2D eigenvalue weighted by Crippen LogP contribution is 2.36. The van der Waals surface area contributed by atoms with Gasteiger partial charge in [0.15, 0.2) is 0 Å². The Labute approximate surface area is 174 Å². The molecule has 1 aliphatic rings. The monoisotopic (exact) mass is 425 g/mol. The summed E-state index contributed by atoms with van der Waals surface area (Å²) < 4.78 is 36.8. The molecule has 2 aromatic heterocycles. The molecule has 5 rings (SSSR count). The molecule has 1 aliphatic heterocycles. The molecule has 1 unspecified atom stereocenters. The van der Waals surface area contributed by atoms with E-state index in [1.165, 1.54) is 12.1 Å². The molecule has 0 fully saturated rings. The second kappa shape index (κ2) is 7.50. The van der Waals surface area contributed by atoms with Gasteiger partial charge in [-0.2, -0.15) is 13.8 Å². The minimum absolute atomic E-state index is 0.00175. The van der Waals surface area contributed by atoms with E-state index in [0.717, 1.165) is 29.4 Å². The Morgan fingerprint density at radius 2 is 2.10 bits per heavy atom. The number of carboxylic acids is 1. The van der Waals surface area contributed by atoms with Crippen molar-refractivity contribution in [1.29, 1.82) is 0 Å². The molecule has 0 amide bonds. The highest BCUT2D eigenvalue weighted by molar-refractivity contribution is 5.86. The molecule has 0 spiro atoms. The van der Waals surface area contributed by atoms with Gasteiger partial charge in [0.1, 0.15) is 5.75 Å². The van der Waals surface area contributed by atoms with Crippen LogP contribution in [0.1, 0.15) is 24.6 Å². The van der Waals surface area contributed by atoms with E-state index in [4.69, 9.17) is 4.52 Å². The molecule has 1 N–H and O–H groups in total. The van der Waals surface area contributed by atoms with Crippen LogP contribution in [-0.4, -0.2) is 32.4 Å². The van der Waals surface area contributed by atoms with Crippen LogP contribution in [0, 0.1) is 0 Å². The molecule has 31 heavy (non-hydrogen) atoms. The van der Waals surface area contributed by atoms with E-state index in [9.17, 15) is 18.7 Å². The number of rotatable bonds is 6. The zero-order valence-corrected chi connectivity index (χ0v) is 16.2. The molecule has 9 heteroatoms. The van der Waals surface area contributed by atoms with Crippen LogP contribution in [-0.2, 0) is 11.2 Å². The number of fused-ring (bicyclic) bond motifs is 3.